The molecule has 0 aromatic carbocycles. The van der Waals surface area contributed by atoms with Crippen LogP contribution in [0.25, 0.3) is 0 Å². The van der Waals surface area contributed by atoms with Crippen LogP contribution in [0.1, 0.15) is 31.9 Å². The van der Waals surface area contributed by atoms with Gasteiger partial charge in [-0.25, -0.2) is 0 Å². The summed E-state index contributed by atoms with van der Waals surface area (Å²) >= 11 is 3.07. The van der Waals surface area contributed by atoms with Crippen LogP contribution < -0.4 is 11.1 Å². The molecule has 1 amide bonds. The molecule has 0 bridgehead atoms. The fourth-order valence-corrected chi connectivity index (χ4v) is 3.46. The van der Waals surface area contributed by atoms with Crippen molar-refractivity contribution in [3.8, 4) is 11.8 Å². The first-order valence-corrected chi connectivity index (χ1v) is 8.06. The van der Waals surface area contributed by atoms with Crippen molar-refractivity contribution in [1.29, 1.82) is 0 Å². The Hall–Kier alpha value is -1.61. The van der Waals surface area contributed by atoms with Crippen molar-refractivity contribution in [2.75, 3.05) is 6.54 Å². The van der Waals surface area contributed by atoms with Crippen LogP contribution in [-0.2, 0) is 13.0 Å². The number of amides is 1. The molecule has 0 atom stereocenters. The number of aryl methyl sites for hydroxylation is 1. The minimum atomic E-state index is -0.0498. The van der Waals surface area contributed by atoms with Gasteiger partial charge in [-0.15, -0.1) is 22.7 Å². The Kier molecular flexibility index (Phi) is 5.36. The first-order chi connectivity index (χ1) is 9.74. The lowest BCUT2D eigenvalue weighted by Crippen LogP contribution is -2.21. The van der Waals surface area contributed by atoms with E-state index in [4.69, 9.17) is 5.73 Å². The first-order valence-electron chi connectivity index (χ1n) is 6.36. The largest absolute Gasteiger partial charge is 0.346 e. The quantitative estimate of drug-likeness (QED) is 0.853. The SMILES string of the molecule is CCc1ccsc1CNC(=O)c1ccc(C#CCN)s1. The Balaban J connectivity index is 1.96. The van der Waals surface area contributed by atoms with Crippen LogP contribution >= 0.6 is 22.7 Å². The van der Waals surface area contributed by atoms with Crippen LogP contribution in [-0.4, -0.2) is 12.5 Å². The second-order valence-corrected chi connectivity index (χ2v) is 6.16. The molecule has 0 spiro atoms. The molecule has 0 saturated carbocycles. The number of rotatable bonds is 4. The van der Waals surface area contributed by atoms with Gasteiger partial charge < -0.3 is 11.1 Å². The number of hydrogen-bond acceptors (Lipinski definition) is 4. The fourth-order valence-electron chi connectivity index (χ4n) is 1.75. The Morgan fingerprint density at radius 2 is 2.25 bits per heavy atom. The van der Waals surface area contributed by atoms with Crippen molar-refractivity contribution in [3.05, 3.63) is 43.8 Å². The highest BCUT2D eigenvalue weighted by molar-refractivity contribution is 7.14. The first kappa shape index (κ1) is 14.8. The predicted octanol–water partition coefficient (Wildman–Crippen LogP) is 2.61. The summed E-state index contributed by atoms with van der Waals surface area (Å²) in [5.74, 6) is 5.67. The number of carbonyl (C=O) groups is 1. The summed E-state index contributed by atoms with van der Waals surface area (Å²) in [5, 5.41) is 5.02. The Labute approximate surface area is 126 Å². The van der Waals surface area contributed by atoms with E-state index in [0.29, 0.717) is 18.0 Å². The zero-order valence-corrected chi connectivity index (χ0v) is 12.9. The molecule has 2 aromatic rings. The maximum atomic E-state index is 12.1. The molecule has 5 heteroatoms. The molecule has 0 radical (unpaired) electrons. The molecular weight excluding hydrogens is 288 g/mol. The summed E-state index contributed by atoms with van der Waals surface area (Å²) in [6.45, 7) is 3.04. The third-order valence-corrected chi connectivity index (χ3v) is 4.73. The van der Waals surface area contributed by atoms with Crippen LogP contribution in [0, 0.1) is 11.8 Å². The van der Waals surface area contributed by atoms with Gasteiger partial charge in [0.25, 0.3) is 5.91 Å². The van der Waals surface area contributed by atoms with E-state index >= 15 is 0 Å². The van der Waals surface area contributed by atoms with E-state index < -0.39 is 0 Å². The van der Waals surface area contributed by atoms with E-state index in [0.717, 1.165) is 11.3 Å². The number of carbonyl (C=O) groups excluding carboxylic acids is 1. The minimum absolute atomic E-state index is 0.0498. The molecule has 3 N–H and O–H groups in total. The van der Waals surface area contributed by atoms with E-state index in [1.165, 1.54) is 21.8 Å². The highest BCUT2D eigenvalue weighted by Crippen LogP contribution is 2.18. The molecule has 2 heterocycles. The minimum Gasteiger partial charge on any atom is -0.346 e. The lowest BCUT2D eigenvalue weighted by molar-refractivity contribution is 0.0955. The van der Waals surface area contributed by atoms with Crippen LogP contribution in [0.2, 0.25) is 0 Å². The molecule has 2 aromatic heterocycles. The molecule has 104 valence electrons. The van der Waals surface area contributed by atoms with E-state index in [9.17, 15) is 4.79 Å². The van der Waals surface area contributed by atoms with E-state index in [1.54, 1.807) is 17.4 Å². The molecule has 0 aliphatic carbocycles. The molecule has 0 fully saturated rings. The van der Waals surface area contributed by atoms with E-state index in [-0.39, 0.29) is 5.91 Å². The average molecular weight is 304 g/mol. The maximum absolute atomic E-state index is 12.1. The summed E-state index contributed by atoms with van der Waals surface area (Å²) in [6.07, 6.45) is 0.993. The van der Waals surface area contributed by atoms with Crippen molar-refractivity contribution < 1.29 is 4.79 Å². The van der Waals surface area contributed by atoms with Crippen LogP contribution in [0.15, 0.2) is 23.6 Å². The van der Waals surface area contributed by atoms with Gasteiger partial charge >= 0.3 is 0 Å². The topological polar surface area (TPSA) is 55.1 Å². The molecular formula is C15H16N2OS2. The van der Waals surface area contributed by atoms with Crippen molar-refractivity contribution >= 4 is 28.6 Å². The van der Waals surface area contributed by atoms with Gasteiger partial charge in [0, 0.05) is 4.88 Å². The molecule has 0 aliphatic heterocycles. The molecule has 0 unspecified atom stereocenters. The number of thiophene rings is 2. The average Bonchev–Trinajstić information content (AvgIpc) is 3.11. The van der Waals surface area contributed by atoms with Crippen LogP contribution in [0.3, 0.4) is 0 Å². The molecule has 3 nitrogen and oxygen atoms in total. The Morgan fingerprint density at radius 1 is 1.40 bits per heavy atom. The summed E-state index contributed by atoms with van der Waals surface area (Å²) in [6, 6.07) is 5.76. The van der Waals surface area contributed by atoms with Gasteiger partial charge in [-0.3, -0.25) is 4.79 Å². The van der Waals surface area contributed by atoms with Gasteiger partial charge in [0.05, 0.1) is 22.8 Å². The maximum Gasteiger partial charge on any atom is 0.261 e. The lowest BCUT2D eigenvalue weighted by atomic mass is 10.2. The normalized spacial score (nSPS) is 9.90. The third-order valence-electron chi connectivity index (χ3n) is 2.77. The lowest BCUT2D eigenvalue weighted by Gasteiger charge is -2.03. The molecule has 20 heavy (non-hydrogen) atoms. The summed E-state index contributed by atoms with van der Waals surface area (Å²) in [5.41, 5.74) is 6.63. The predicted molar refractivity (Wildman–Crippen MR) is 85.1 cm³/mol. The highest BCUT2D eigenvalue weighted by atomic mass is 32.1. The smallest absolute Gasteiger partial charge is 0.261 e. The van der Waals surface area contributed by atoms with Crippen molar-refractivity contribution in [1.82, 2.24) is 5.32 Å². The van der Waals surface area contributed by atoms with E-state index in [1.807, 2.05) is 6.07 Å². The Morgan fingerprint density at radius 3 is 3.00 bits per heavy atom. The highest BCUT2D eigenvalue weighted by Gasteiger charge is 2.09. The molecule has 0 saturated heterocycles. The zero-order chi connectivity index (χ0) is 14.4. The standard InChI is InChI=1S/C15H16N2OS2/c1-2-11-7-9-19-14(11)10-17-15(18)13-6-5-12(20-13)4-3-8-16/h5-7,9H,2,8,10,16H2,1H3,(H,17,18). The van der Waals surface area contributed by atoms with Gasteiger partial charge in [-0.05, 0) is 35.6 Å². The monoisotopic (exact) mass is 304 g/mol. The van der Waals surface area contributed by atoms with Crippen molar-refractivity contribution in [2.24, 2.45) is 5.73 Å². The van der Waals surface area contributed by atoms with Crippen molar-refractivity contribution in [3.63, 3.8) is 0 Å². The second kappa shape index (κ2) is 7.25. The second-order valence-electron chi connectivity index (χ2n) is 4.08. The van der Waals surface area contributed by atoms with Gasteiger partial charge in [0.2, 0.25) is 0 Å². The summed E-state index contributed by atoms with van der Waals surface area (Å²) in [4.78, 5) is 14.8. The molecule has 0 aliphatic rings. The number of nitrogens with one attached hydrogen (secondary N) is 1. The number of hydrogen-bond donors (Lipinski definition) is 2. The summed E-state index contributed by atoms with van der Waals surface area (Å²) in [7, 11) is 0. The van der Waals surface area contributed by atoms with Gasteiger partial charge in [0.1, 0.15) is 0 Å². The third kappa shape index (κ3) is 3.70. The Bertz CT molecular complexity index is 646. The van der Waals surface area contributed by atoms with Crippen LogP contribution in [0.4, 0.5) is 0 Å². The van der Waals surface area contributed by atoms with E-state index in [2.05, 4.69) is 35.5 Å². The summed E-state index contributed by atoms with van der Waals surface area (Å²) < 4.78 is 0. The number of nitrogens with two attached hydrogens (primary N) is 1. The van der Waals surface area contributed by atoms with Crippen molar-refractivity contribution in [2.45, 2.75) is 19.9 Å². The fraction of sp³-hybridized carbons (Fsp3) is 0.267. The van der Waals surface area contributed by atoms with Gasteiger partial charge in [-0.1, -0.05) is 18.8 Å². The van der Waals surface area contributed by atoms with Crippen LogP contribution in [0.5, 0.6) is 0 Å². The van der Waals surface area contributed by atoms with Gasteiger partial charge in [0.15, 0.2) is 0 Å². The molecule has 2 rings (SSSR count). The van der Waals surface area contributed by atoms with Gasteiger partial charge in [-0.2, -0.15) is 0 Å². The zero-order valence-electron chi connectivity index (χ0n) is 11.2.